The zero-order valence-electron chi connectivity index (χ0n) is 14.4. The Balaban J connectivity index is 2.47. The predicted molar refractivity (Wildman–Crippen MR) is 96.4 cm³/mol. The number of pyridine rings is 1. The third kappa shape index (κ3) is 4.46. The van der Waals surface area contributed by atoms with Gasteiger partial charge in [0.05, 0.1) is 36.0 Å². The molecule has 0 atom stereocenters. The summed E-state index contributed by atoms with van der Waals surface area (Å²) >= 11 is 0. The van der Waals surface area contributed by atoms with Crippen molar-refractivity contribution in [3.8, 4) is 0 Å². The van der Waals surface area contributed by atoms with Crippen LogP contribution in [-0.2, 0) is 14.9 Å². The van der Waals surface area contributed by atoms with E-state index in [9.17, 15) is 13.2 Å². The van der Waals surface area contributed by atoms with E-state index in [1.165, 1.54) is 30.9 Å². The molecule has 134 valence electrons. The zero-order valence-corrected chi connectivity index (χ0v) is 15.2. The monoisotopic (exact) mass is 364 g/mol. The maximum absolute atomic E-state index is 12.1. The number of benzene rings is 1. The molecule has 8 nitrogen and oxygen atoms in total. The molecule has 2 N–H and O–H groups in total. The highest BCUT2D eigenvalue weighted by molar-refractivity contribution is 7.92. The van der Waals surface area contributed by atoms with Gasteiger partial charge in [0.1, 0.15) is 0 Å². The molecule has 0 unspecified atom stereocenters. The van der Waals surface area contributed by atoms with E-state index in [1.807, 2.05) is 13.0 Å². The van der Waals surface area contributed by atoms with E-state index in [0.717, 1.165) is 11.8 Å². The van der Waals surface area contributed by atoms with Crippen LogP contribution in [0.15, 0.2) is 36.7 Å². The number of hydrogen-bond acceptors (Lipinski definition) is 6. The number of amides is 1. The van der Waals surface area contributed by atoms with Crippen LogP contribution in [0.3, 0.4) is 0 Å². The molecule has 1 aromatic carbocycles. The molecule has 0 saturated carbocycles. The molecule has 0 spiro atoms. The molecule has 0 aliphatic heterocycles. The Hall–Kier alpha value is -2.65. The van der Waals surface area contributed by atoms with Gasteiger partial charge in [0.15, 0.2) is 0 Å². The maximum Gasteiger partial charge on any atom is 0.278 e. The van der Waals surface area contributed by atoms with Crippen molar-refractivity contribution in [1.82, 2.24) is 10.5 Å². The van der Waals surface area contributed by atoms with Crippen molar-refractivity contribution in [3.05, 3.63) is 47.8 Å². The van der Waals surface area contributed by atoms with E-state index in [1.54, 1.807) is 18.2 Å². The molecule has 0 aliphatic carbocycles. The van der Waals surface area contributed by atoms with Gasteiger partial charge >= 0.3 is 0 Å². The lowest BCUT2D eigenvalue weighted by molar-refractivity contribution is 0.0538. The van der Waals surface area contributed by atoms with Crippen LogP contribution in [0.2, 0.25) is 0 Å². The number of aryl methyl sites for hydroxylation is 1. The first-order chi connectivity index (χ1) is 11.7. The Morgan fingerprint density at radius 3 is 2.60 bits per heavy atom. The third-order valence-corrected chi connectivity index (χ3v) is 4.71. The second kappa shape index (κ2) is 7.49. The molecule has 25 heavy (non-hydrogen) atoms. The Labute approximate surface area is 146 Å². The quantitative estimate of drug-likeness (QED) is 0.759. The van der Waals surface area contributed by atoms with E-state index in [0.29, 0.717) is 17.1 Å². The first-order valence-corrected chi connectivity index (χ1v) is 9.17. The molecule has 2 rings (SSSR count). The van der Waals surface area contributed by atoms with E-state index < -0.39 is 15.9 Å². The Morgan fingerprint density at radius 1 is 1.24 bits per heavy atom. The lowest BCUT2D eigenvalue weighted by Gasteiger charge is -2.22. The number of carbonyl (C=O) groups is 1. The molecule has 9 heteroatoms. The van der Waals surface area contributed by atoms with Gasteiger partial charge in [-0.1, -0.05) is 6.07 Å². The summed E-state index contributed by atoms with van der Waals surface area (Å²) in [5.74, 6) is -0.469. The first-order valence-electron chi connectivity index (χ1n) is 7.33. The van der Waals surface area contributed by atoms with E-state index in [4.69, 9.17) is 0 Å². The molecule has 0 aliphatic rings. The minimum absolute atomic E-state index is 0.262. The van der Waals surface area contributed by atoms with Crippen molar-refractivity contribution >= 4 is 33.0 Å². The summed E-state index contributed by atoms with van der Waals surface area (Å²) in [4.78, 5) is 20.6. The van der Waals surface area contributed by atoms with Crippen LogP contribution in [0, 0.1) is 6.92 Å². The van der Waals surface area contributed by atoms with Gasteiger partial charge in [-0.2, -0.15) is 0 Å². The third-order valence-electron chi connectivity index (χ3n) is 3.52. The van der Waals surface area contributed by atoms with Crippen LogP contribution in [-0.4, -0.2) is 39.7 Å². The molecule has 1 aromatic heterocycles. The Bertz CT molecular complexity index is 883. The molecule has 0 bridgehead atoms. The number of hydroxylamine groups is 1. The SMILES string of the molecule is CONC(=O)c1cnccc1Nc1ccc(C)cc1N(C)S(C)(=O)=O. The predicted octanol–water partition coefficient (Wildman–Crippen LogP) is 1.82. The minimum Gasteiger partial charge on any atom is -0.353 e. The van der Waals surface area contributed by atoms with Gasteiger partial charge in [0.25, 0.3) is 5.91 Å². The van der Waals surface area contributed by atoms with Crippen molar-refractivity contribution in [2.45, 2.75) is 6.92 Å². The second-order valence-electron chi connectivity index (χ2n) is 5.43. The number of nitrogens with zero attached hydrogens (tertiary/aromatic N) is 2. The van der Waals surface area contributed by atoms with Crippen molar-refractivity contribution in [2.24, 2.45) is 0 Å². The molecule has 2 aromatic rings. The summed E-state index contributed by atoms with van der Waals surface area (Å²) in [7, 11) is -0.634. The van der Waals surface area contributed by atoms with Gasteiger partial charge in [-0.05, 0) is 30.7 Å². The molecule has 0 fully saturated rings. The molecule has 0 saturated heterocycles. The highest BCUT2D eigenvalue weighted by Gasteiger charge is 2.18. The highest BCUT2D eigenvalue weighted by atomic mass is 32.2. The summed E-state index contributed by atoms with van der Waals surface area (Å²) in [6, 6.07) is 6.97. The van der Waals surface area contributed by atoms with E-state index >= 15 is 0 Å². The van der Waals surface area contributed by atoms with Gasteiger partial charge < -0.3 is 5.32 Å². The average Bonchev–Trinajstić information content (AvgIpc) is 2.55. The molecule has 0 radical (unpaired) electrons. The fourth-order valence-electron chi connectivity index (χ4n) is 2.16. The average molecular weight is 364 g/mol. The smallest absolute Gasteiger partial charge is 0.278 e. The fraction of sp³-hybridized carbons (Fsp3) is 0.250. The van der Waals surface area contributed by atoms with Crippen LogP contribution < -0.4 is 15.1 Å². The topological polar surface area (TPSA) is 101 Å². The van der Waals surface area contributed by atoms with E-state index in [-0.39, 0.29) is 5.56 Å². The van der Waals surface area contributed by atoms with Crippen LogP contribution >= 0.6 is 0 Å². The highest BCUT2D eigenvalue weighted by Crippen LogP contribution is 2.31. The molecule has 1 heterocycles. The van der Waals surface area contributed by atoms with E-state index in [2.05, 4.69) is 20.6 Å². The van der Waals surface area contributed by atoms with Crippen LogP contribution in [0.1, 0.15) is 15.9 Å². The standard InChI is InChI=1S/C16H20N4O4S/c1-11-5-6-14(15(9-11)20(2)25(4,22)23)18-13-7-8-17-10-12(13)16(21)19-24-3/h5-10H,1-4H3,(H,17,18)(H,19,21). The lowest BCUT2D eigenvalue weighted by Crippen LogP contribution is -2.26. The lowest BCUT2D eigenvalue weighted by atomic mass is 10.1. The molecular formula is C16H20N4O4S. The summed E-state index contributed by atoms with van der Waals surface area (Å²) in [5, 5.41) is 3.10. The summed E-state index contributed by atoms with van der Waals surface area (Å²) < 4.78 is 25.0. The molecular weight excluding hydrogens is 344 g/mol. The summed E-state index contributed by atoms with van der Waals surface area (Å²) in [6.45, 7) is 1.87. The van der Waals surface area contributed by atoms with Crippen molar-refractivity contribution in [2.75, 3.05) is 30.0 Å². The van der Waals surface area contributed by atoms with Gasteiger partial charge in [-0.15, -0.1) is 0 Å². The molecule has 1 amide bonds. The number of nitrogens with one attached hydrogen (secondary N) is 2. The Morgan fingerprint density at radius 2 is 1.96 bits per heavy atom. The van der Waals surface area contributed by atoms with Crippen molar-refractivity contribution < 1.29 is 18.0 Å². The summed E-state index contributed by atoms with van der Waals surface area (Å²) in [6.07, 6.45) is 4.05. The number of carbonyl (C=O) groups excluding carboxylic acids is 1. The maximum atomic E-state index is 12.1. The van der Waals surface area contributed by atoms with Gasteiger partial charge in [0.2, 0.25) is 10.0 Å². The van der Waals surface area contributed by atoms with Crippen LogP contribution in [0.25, 0.3) is 0 Å². The Kier molecular flexibility index (Phi) is 5.60. The van der Waals surface area contributed by atoms with Crippen molar-refractivity contribution in [1.29, 1.82) is 0 Å². The van der Waals surface area contributed by atoms with Gasteiger partial charge in [0, 0.05) is 19.4 Å². The fourth-order valence-corrected chi connectivity index (χ4v) is 2.67. The van der Waals surface area contributed by atoms with Crippen LogP contribution in [0.5, 0.6) is 0 Å². The number of sulfonamides is 1. The number of hydrogen-bond donors (Lipinski definition) is 2. The normalized spacial score (nSPS) is 11.0. The summed E-state index contributed by atoms with van der Waals surface area (Å²) in [5.41, 5.74) is 4.88. The second-order valence-corrected chi connectivity index (χ2v) is 7.45. The first kappa shape index (κ1) is 18.7. The minimum atomic E-state index is -3.44. The van der Waals surface area contributed by atoms with Crippen molar-refractivity contribution in [3.63, 3.8) is 0 Å². The number of aromatic nitrogens is 1. The van der Waals surface area contributed by atoms with Gasteiger partial charge in [-0.3, -0.25) is 18.9 Å². The van der Waals surface area contributed by atoms with Crippen LogP contribution in [0.4, 0.5) is 17.1 Å². The number of anilines is 3. The number of rotatable bonds is 6. The van der Waals surface area contributed by atoms with Gasteiger partial charge in [-0.25, -0.2) is 13.9 Å². The zero-order chi connectivity index (χ0) is 18.6. The largest absolute Gasteiger partial charge is 0.353 e.